The van der Waals surface area contributed by atoms with Crippen LogP contribution in [-0.4, -0.2) is 32.3 Å². The van der Waals surface area contributed by atoms with E-state index in [0.29, 0.717) is 24.5 Å². The highest BCUT2D eigenvalue weighted by atomic mass is 16.6. The molecule has 1 aromatic heterocycles. The molecule has 0 unspecified atom stereocenters. The van der Waals surface area contributed by atoms with Crippen LogP contribution in [0.2, 0.25) is 0 Å². The van der Waals surface area contributed by atoms with Gasteiger partial charge in [0.25, 0.3) is 0 Å². The van der Waals surface area contributed by atoms with Gasteiger partial charge in [-0.15, -0.1) is 0 Å². The molecule has 1 aromatic carbocycles. The van der Waals surface area contributed by atoms with E-state index in [0.717, 1.165) is 16.9 Å². The second-order valence-corrected chi connectivity index (χ2v) is 6.97. The Morgan fingerprint density at radius 1 is 1.16 bits per heavy atom. The van der Waals surface area contributed by atoms with Crippen LogP contribution in [0.1, 0.15) is 42.4 Å². The first-order chi connectivity index (χ1) is 11.7. The lowest BCUT2D eigenvalue weighted by atomic mass is 10.2. The fourth-order valence-electron chi connectivity index (χ4n) is 2.70. The first-order valence-electron chi connectivity index (χ1n) is 7.90. The molecule has 25 heavy (non-hydrogen) atoms. The molecule has 3 rings (SSSR count). The molecule has 0 radical (unpaired) electrons. The van der Waals surface area contributed by atoms with Crippen LogP contribution in [0.15, 0.2) is 24.3 Å². The second-order valence-electron chi connectivity index (χ2n) is 6.97. The molecule has 4 N–H and O–H groups in total. The van der Waals surface area contributed by atoms with Gasteiger partial charge >= 0.3 is 6.09 Å². The Hall–Kier alpha value is -3.03. The normalized spacial score (nSPS) is 13.6. The highest BCUT2D eigenvalue weighted by Gasteiger charge is 2.32. The number of hydrogen-bond acceptors (Lipinski definition) is 5. The Bertz CT molecular complexity index is 833. The lowest BCUT2D eigenvalue weighted by molar-refractivity contribution is 0.0239. The average molecular weight is 343 g/mol. The van der Waals surface area contributed by atoms with Gasteiger partial charge in [0.15, 0.2) is 5.82 Å². The molecular weight excluding hydrogens is 322 g/mol. The SMILES string of the molecule is CC(C)(C)OC(=O)N1Cc2c(N)nn(-c3ccc(C(N)=O)cc3)c2C1. The van der Waals surface area contributed by atoms with Gasteiger partial charge in [-0.25, -0.2) is 9.48 Å². The number of anilines is 1. The predicted octanol–water partition coefficient (Wildman–Crippen LogP) is 1.80. The summed E-state index contributed by atoms with van der Waals surface area (Å²) in [6.45, 7) is 6.18. The van der Waals surface area contributed by atoms with Gasteiger partial charge in [0.05, 0.1) is 24.5 Å². The standard InChI is InChI=1S/C17H21N5O3/c1-17(2,3)25-16(24)21-8-12-13(9-21)22(20-14(12)18)11-6-4-10(5-7-11)15(19)23/h4-7H,8-9H2,1-3H3,(H2,18,20)(H2,19,23). The van der Waals surface area contributed by atoms with Crippen molar-refractivity contribution in [3.63, 3.8) is 0 Å². The molecule has 0 fully saturated rings. The first kappa shape index (κ1) is 16.8. The first-order valence-corrected chi connectivity index (χ1v) is 7.90. The van der Waals surface area contributed by atoms with Gasteiger partial charge in [0, 0.05) is 11.1 Å². The quantitative estimate of drug-likeness (QED) is 0.862. The van der Waals surface area contributed by atoms with Crippen molar-refractivity contribution >= 4 is 17.8 Å². The summed E-state index contributed by atoms with van der Waals surface area (Å²) in [5, 5.41) is 4.34. The van der Waals surface area contributed by atoms with Gasteiger partial charge in [0.2, 0.25) is 5.91 Å². The molecular formula is C17H21N5O3. The zero-order chi connectivity index (χ0) is 18.4. The Kier molecular flexibility index (Phi) is 3.90. The fraction of sp³-hybridized carbons (Fsp3) is 0.353. The summed E-state index contributed by atoms with van der Waals surface area (Å²) >= 11 is 0. The number of carbonyl (C=O) groups excluding carboxylic acids is 2. The van der Waals surface area contributed by atoms with Crippen LogP contribution in [0.25, 0.3) is 5.69 Å². The van der Waals surface area contributed by atoms with Gasteiger partial charge in [-0.3, -0.25) is 9.69 Å². The van der Waals surface area contributed by atoms with Crippen LogP contribution in [0, 0.1) is 0 Å². The van der Waals surface area contributed by atoms with E-state index >= 15 is 0 Å². The van der Waals surface area contributed by atoms with Crippen molar-refractivity contribution in [1.29, 1.82) is 0 Å². The molecule has 132 valence electrons. The summed E-state index contributed by atoms with van der Waals surface area (Å²) in [6.07, 6.45) is -0.390. The Balaban J connectivity index is 1.87. The van der Waals surface area contributed by atoms with Crippen molar-refractivity contribution in [2.45, 2.75) is 39.5 Å². The maximum absolute atomic E-state index is 12.3. The number of primary amides is 1. The molecule has 0 aliphatic carbocycles. The van der Waals surface area contributed by atoms with Crippen LogP contribution in [0.3, 0.4) is 0 Å². The largest absolute Gasteiger partial charge is 0.444 e. The van der Waals surface area contributed by atoms with E-state index in [1.54, 1.807) is 33.8 Å². The highest BCUT2D eigenvalue weighted by Crippen LogP contribution is 2.30. The van der Waals surface area contributed by atoms with Crippen molar-refractivity contribution in [3.05, 3.63) is 41.1 Å². The number of nitrogens with two attached hydrogens (primary N) is 2. The molecule has 0 saturated heterocycles. The number of ether oxygens (including phenoxy) is 1. The molecule has 8 heteroatoms. The van der Waals surface area contributed by atoms with Gasteiger partial charge in [-0.2, -0.15) is 5.10 Å². The molecule has 0 saturated carbocycles. The van der Waals surface area contributed by atoms with Gasteiger partial charge in [-0.05, 0) is 45.0 Å². The van der Waals surface area contributed by atoms with E-state index in [4.69, 9.17) is 16.2 Å². The van der Waals surface area contributed by atoms with Crippen molar-refractivity contribution in [3.8, 4) is 5.69 Å². The number of nitrogens with zero attached hydrogens (tertiary/aromatic N) is 3. The Labute approximate surface area is 145 Å². The zero-order valence-corrected chi connectivity index (χ0v) is 14.4. The number of amides is 2. The minimum absolute atomic E-state index is 0.353. The molecule has 2 aromatic rings. The van der Waals surface area contributed by atoms with Crippen LogP contribution < -0.4 is 11.5 Å². The maximum Gasteiger partial charge on any atom is 0.410 e. The summed E-state index contributed by atoms with van der Waals surface area (Å²) in [5.41, 5.74) is 13.5. The van der Waals surface area contributed by atoms with Crippen LogP contribution >= 0.6 is 0 Å². The second kappa shape index (κ2) is 5.80. The van der Waals surface area contributed by atoms with Crippen LogP contribution in [0.4, 0.5) is 10.6 Å². The Morgan fingerprint density at radius 3 is 2.36 bits per heavy atom. The molecule has 8 nitrogen and oxygen atoms in total. The van der Waals surface area contributed by atoms with E-state index in [-0.39, 0.29) is 0 Å². The molecule has 0 atom stereocenters. The fourth-order valence-corrected chi connectivity index (χ4v) is 2.70. The number of aromatic nitrogens is 2. The van der Waals surface area contributed by atoms with Crippen molar-refractivity contribution in [2.75, 3.05) is 5.73 Å². The third kappa shape index (κ3) is 3.28. The van der Waals surface area contributed by atoms with E-state index in [1.807, 2.05) is 20.8 Å². The van der Waals surface area contributed by atoms with Crippen LogP contribution in [-0.2, 0) is 17.8 Å². The van der Waals surface area contributed by atoms with E-state index in [9.17, 15) is 9.59 Å². The lowest BCUT2D eigenvalue weighted by Gasteiger charge is -2.24. The molecule has 0 spiro atoms. The molecule has 2 heterocycles. The summed E-state index contributed by atoms with van der Waals surface area (Å²) in [4.78, 5) is 25.1. The van der Waals surface area contributed by atoms with Crippen molar-refractivity contribution in [1.82, 2.24) is 14.7 Å². The maximum atomic E-state index is 12.3. The molecule has 1 aliphatic rings. The summed E-state index contributed by atoms with van der Waals surface area (Å²) in [7, 11) is 0. The smallest absolute Gasteiger partial charge is 0.410 e. The summed E-state index contributed by atoms with van der Waals surface area (Å²) in [5.74, 6) is -0.118. The molecule has 0 bridgehead atoms. The summed E-state index contributed by atoms with van der Waals surface area (Å²) < 4.78 is 7.10. The van der Waals surface area contributed by atoms with E-state index in [1.165, 1.54) is 0 Å². The number of rotatable bonds is 2. The van der Waals surface area contributed by atoms with Crippen molar-refractivity contribution in [2.24, 2.45) is 5.73 Å². The number of fused-ring (bicyclic) bond motifs is 1. The number of hydrogen-bond donors (Lipinski definition) is 2. The van der Waals surface area contributed by atoms with E-state index in [2.05, 4.69) is 5.10 Å². The van der Waals surface area contributed by atoms with Gasteiger partial charge in [0.1, 0.15) is 5.60 Å². The van der Waals surface area contributed by atoms with Gasteiger partial charge < -0.3 is 16.2 Å². The van der Waals surface area contributed by atoms with E-state index < -0.39 is 17.6 Å². The number of carbonyl (C=O) groups is 2. The topological polar surface area (TPSA) is 116 Å². The third-order valence-corrected chi connectivity index (χ3v) is 3.86. The molecule has 2 amide bonds. The Morgan fingerprint density at radius 2 is 1.80 bits per heavy atom. The monoisotopic (exact) mass is 343 g/mol. The number of nitrogen functional groups attached to an aromatic ring is 1. The zero-order valence-electron chi connectivity index (χ0n) is 14.4. The minimum Gasteiger partial charge on any atom is -0.444 e. The molecule has 1 aliphatic heterocycles. The predicted molar refractivity (Wildman–Crippen MR) is 92.0 cm³/mol. The highest BCUT2D eigenvalue weighted by molar-refractivity contribution is 5.92. The van der Waals surface area contributed by atoms with Gasteiger partial charge in [-0.1, -0.05) is 0 Å². The van der Waals surface area contributed by atoms with Crippen LogP contribution in [0.5, 0.6) is 0 Å². The lowest BCUT2D eigenvalue weighted by Crippen LogP contribution is -2.33. The average Bonchev–Trinajstić information content (AvgIpc) is 3.07. The van der Waals surface area contributed by atoms with Crippen molar-refractivity contribution < 1.29 is 14.3 Å². The minimum atomic E-state index is -0.561. The number of benzene rings is 1. The summed E-state index contributed by atoms with van der Waals surface area (Å²) in [6, 6.07) is 6.73. The third-order valence-electron chi connectivity index (χ3n) is 3.86.